The first-order valence-corrected chi connectivity index (χ1v) is 5.58. The molecule has 2 rings (SSSR count). The second-order valence-electron chi connectivity index (χ2n) is 3.47. The van der Waals surface area contributed by atoms with Crippen molar-refractivity contribution in [2.24, 2.45) is 0 Å². The Morgan fingerprint density at radius 1 is 1.23 bits per heavy atom. The van der Waals surface area contributed by atoms with Gasteiger partial charge in [-0.25, -0.2) is 0 Å². The lowest BCUT2D eigenvalue weighted by Crippen LogP contribution is -1.89. The fourth-order valence-electron chi connectivity index (χ4n) is 1.82. The Morgan fingerprint density at radius 3 is 2.69 bits per heavy atom. The molecule has 0 saturated carbocycles. The maximum Gasteiger partial charge on any atom is 0.0348 e. The van der Waals surface area contributed by atoms with Crippen LogP contribution in [0.25, 0.3) is 10.1 Å². The van der Waals surface area contributed by atoms with Gasteiger partial charge in [-0.2, -0.15) is 0 Å². The summed E-state index contributed by atoms with van der Waals surface area (Å²) in [5.41, 5.74) is 4.41. The van der Waals surface area contributed by atoms with E-state index in [0.717, 1.165) is 6.42 Å². The number of hydrogen-bond acceptors (Lipinski definition) is 1. The van der Waals surface area contributed by atoms with Crippen molar-refractivity contribution in [2.45, 2.75) is 27.2 Å². The van der Waals surface area contributed by atoms with Gasteiger partial charge in [0.2, 0.25) is 0 Å². The van der Waals surface area contributed by atoms with E-state index in [1.165, 1.54) is 26.8 Å². The third-order valence-corrected chi connectivity index (χ3v) is 3.69. The fraction of sp³-hybridized carbons (Fsp3) is 0.333. The Hall–Kier alpha value is -0.820. The molecule has 0 spiro atoms. The van der Waals surface area contributed by atoms with E-state index in [4.69, 9.17) is 0 Å². The third kappa shape index (κ3) is 1.28. The zero-order valence-corrected chi connectivity index (χ0v) is 9.16. The number of aryl methyl sites for hydroxylation is 2. The van der Waals surface area contributed by atoms with E-state index in [2.05, 4.69) is 38.3 Å². The van der Waals surface area contributed by atoms with Crippen LogP contribution in [0.15, 0.2) is 17.5 Å². The molecule has 1 heterocycles. The Labute approximate surface area is 83.2 Å². The molecule has 1 aromatic heterocycles. The first kappa shape index (κ1) is 8.76. The first-order chi connectivity index (χ1) is 6.24. The molecule has 0 unspecified atom stereocenters. The Morgan fingerprint density at radius 2 is 2.00 bits per heavy atom. The highest BCUT2D eigenvalue weighted by molar-refractivity contribution is 7.17. The maximum atomic E-state index is 2.34. The van der Waals surface area contributed by atoms with Crippen LogP contribution in [-0.2, 0) is 6.42 Å². The standard InChI is InChI=1S/C12H14S/c1-4-10-7-12-11(5-6-13-12)9(3)8(10)2/h5-7H,4H2,1-3H3. The van der Waals surface area contributed by atoms with Gasteiger partial charge in [0, 0.05) is 4.70 Å². The summed E-state index contributed by atoms with van der Waals surface area (Å²) in [6, 6.07) is 4.56. The highest BCUT2D eigenvalue weighted by Crippen LogP contribution is 2.29. The van der Waals surface area contributed by atoms with E-state index in [-0.39, 0.29) is 0 Å². The SMILES string of the molecule is CCc1cc2sccc2c(C)c1C. The minimum atomic E-state index is 1.14. The van der Waals surface area contributed by atoms with Crippen molar-refractivity contribution in [3.05, 3.63) is 34.2 Å². The molecule has 0 aliphatic heterocycles. The van der Waals surface area contributed by atoms with Gasteiger partial charge in [0.1, 0.15) is 0 Å². The average Bonchev–Trinajstić information content (AvgIpc) is 2.59. The first-order valence-electron chi connectivity index (χ1n) is 4.70. The molecule has 0 N–H and O–H groups in total. The third-order valence-electron chi connectivity index (χ3n) is 2.83. The summed E-state index contributed by atoms with van der Waals surface area (Å²) in [6.07, 6.45) is 1.14. The maximum absolute atomic E-state index is 2.34. The van der Waals surface area contributed by atoms with E-state index in [9.17, 15) is 0 Å². The monoisotopic (exact) mass is 190 g/mol. The number of thiophene rings is 1. The summed E-state index contributed by atoms with van der Waals surface area (Å²) < 4.78 is 1.43. The van der Waals surface area contributed by atoms with E-state index >= 15 is 0 Å². The van der Waals surface area contributed by atoms with Crippen molar-refractivity contribution < 1.29 is 0 Å². The van der Waals surface area contributed by atoms with Crippen molar-refractivity contribution in [2.75, 3.05) is 0 Å². The summed E-state index contributed by atoms with van der Waals surface area (Å²) in [5.74, 6) is 0. The highest BCUT2D eigenvalue weighted by atomic mass is 32.1. The highest BCUT2D eigenvalue weighted by Gasteiger charge is 2.05. The van der Waals surface area contributed by atoms with Crippen LogP contribution in [0.5, 0.6) is 0 Å². The van der Waals surface area contributed by atoms with Crippen molar-refractivity contribution in [3.8, 4) is 0 Å². The molecule has 68 valence electrons. The summed E-state index contributed by atoms with van der Waals surface area (Å²) in [5, 5.41) is 3.61. The molecule has 0 aliphatic carbocycles. The van der Waals surface area contributed by atoms with Gasteiger partial charge in [-0.3, -0.25) is 0 Å². The number of hydrogen-bond donors (Lipinski definition) is 0. The van der Waals surface area contributed by atoms with Gasteiger partial charge in [-0.1, -0.05) is 6.92 Å². The second kappa shape index (κ2) is 3.15. The molecule has 0 saturated heterocycles. The molecule has 0 atom stereocenters. The molecule has 0 radical (unpaired) electrons. The summed E-state index contributed by atoms with van der Waals surface area (Å²) in [6.45, 7) is 6.68. The molecule has 0 aliphatic rings. The van der Waals surface area contributed by atoms with Crippen LogP contribution in [0.3, 0.4) is 0 Å². The molecule has 0 amide bonds. The van der Waals surface area contributed by atoms with Crippen LogP contribution < -0.4 is 0 Å². The van der Waals surface area contributed by atoms with Gasteiger partial charge >= 0.3 is 0 Å². The molecule has 0 fully saturated rings. The largest absolute Gasteiger partial charge is 0.144 e. The molecular weight excluding hydrogens is 176 g/mol. The normalized spacial score (nSPS) is 11.0. The lowest BCUT2D eigenvalue weighted by atomic mass is 9.99. The van der Waals surface area contributed by atoms with E-state index < -0.39 is 0 Å². The lowest BCUT2D eigenvalue weighted by molar-refractivity contribution is 1.11. The van der Waals surface area contributed by atoms with Gasteiger partial charge in [-0.05, 0) is 59.9 Å². The summed E-state index contributed by atoms with van der Waals surface area (Å²) >= 11 is 1.84. The van der Waals surface area contributed by atoms with Crippen LogP contribution in [-0.4, -0.2) is 0 Å². The number of fused-ring (bicyclic) bond motifs is 1. The van der Waals surface area contributed by atoms with Gasteiger partial charge in [0.25, 0.3) is 0 Å². The minimum Gasteiger partial charge on any atom is -0.144 e. The zero-order valence-electron chi connectivity index (χ0n) is 8.35. The van der Waals surface area contributed by atoms with E-state index in [1.54, 1.807) is 0 Å². The van der Waals surface area contributed by atoms with E-state index in [1.807, 2.05) is 11.3 Å². The number of benzene rings is 1. The van der Waals surface area contributed by atoms with Crippen molar-refractivity contribution in [1.29, 1.82) is 0 Å². The number of rotatable bonds is 1. The molecular formula is C12H14S. The quantitative estimate of drug-likeness (QED) is 0.635. The van der Waals surface area contributed by atoms with Crippen LogP contribution in [0.2, 0.25) is 0 Å². The summed E-state index contributed by atoms with van der Waals surface area (Å²) in [4.78, 5) is 0. The van der Waals surface area contributed by atoms with Gasteiger partial charge < -0.3 is 0 Å². The lowest BCUT2D eigenvalue weighted by Gasteiger charge is -2.07. The van der Waals surface area contributed by atoms with Crippen molar-refractivity contribution >= 4 is 21.4 Å². The topological polar surface area (TPSA) is 0 Å². The van der Waals surface area contributed by atoms with Gasteiger partial charge in [0.05, 0.1) is 0 Å². The molecule has 0 bridgehead atoms. The fourth-order valence-corrected chi connectivity index (χ4v) is 2.73. The molecule has 13 heavy (non-hydrogen) atoms. The van der Waals surface area contributed by atoms with Crippen molar-refractivity contribution in [1.82, 2.24) is 0 Å². The van der Waals surface area contributed by atoms with Crippen LogP contribution >= 0.6 is 11.3 Å². The predicted molar refractivity (Wildman–Crippen MR) is 60.7 cm³/mol. The molecule has 1 aromatic carbocycles. The molecule has 1 heteroatoms. The van der Waals surface area contributed by atoms with Gasteiger partial charge in [-0.15, -0.1) is 11.3 Å². The minimum absolute atomic E-state index is 1.14. The van der Waals surface area contributed by atoms with Crippen molar-refractivity contribution in [3.63, 3.8) is 0 Å². The second-order valence-corrected chi connectivity index (χ2v) is 4.42. The zero-order chi connectivity index (χ0) is 9.42. The smallest absolute Gasteiger partial charge is 0.0348 e. The van der Waals surface area contributed by atoms with Crippen LogP contribution in [0, 0.1) is 13.8 Å². The molecule has 2 aromatic rings. The van der Waals surface area contributed by atoms with Crippen LogP contribution in [0.4, 0.5) is 0 Å². The summed E-state index contributed by atoms with van der Waals surface area (Å²) in [7, 11) is 0. The van der Waals surface area contributed by atoms with Gasteiger partial charge in [0.15, 0.2) is 0 Å². The van der Waals surface area contributed by atoms with E-state index in [0.29, 0.717) is 0 Å². The molecule has 0 nitrogen and oxygen atoms in total. The average molecular weight is 190 g/mol. The predicted octanol–water partition coefficient (Wildman–Crippen LogP) is 4.08. The van der Waals surface area contributed by atoms with Crippen LogP contribution in [0.1, 0.15) is 23.6 Å². The Bertz CT molecular complexity index is 438. The Kier molecular flexibility index (Phi) is 2.12. The Balaban J connectivity index is 2.83.